The van der Waals surface area contributed by atoms with Crippen LogP contribution >= 0.6 is 0 Å². The molecule has 0 saturated heterocycles. The number of carbonyl (C=O) groups excluding carboxylic acids is 1. The molecule has 1 atom stereocenters. The van der Waals surface area contributed by atoms with Crippen molar-refractivity contribution in [2.24, 2.45) is 0 Å². The Labute approximate surface area is 168 Å². The van der Waals surface area contributed by atoms with Crippen molar-refractivity contribution in [2.75, 3.05) is 0 Å². The summed E-state index contributed by atoms with van der Waals surface area (Å²) in [6.07, 6.45) is 0. The zero-order valence-corrected chi connectivity index (χ0v) is 16.3. The van der Waals surface area contributed by atoms with Gasteiger partial charge in [-0.15, -0.1) is 0 Å². The molecule has 146 valence electrons. The first-order valence-electron chi connectivity index (χ1n) is 9.40. The maximum absolute atomic E-state index is 12.6. The molecule has 0 bridgehead atoms. The first-order chi connectivity index (χ1) is 14.1. The molecule has 0 spiro atoms. The van der Waals surface area contributed by atoms with Crippen molar-refractivity contribution >= 4 is 16.7 Å². The highest BCUT2D eigenvalue weighted by atomic mass is 16.5. The normalized spacial score (nSPS) is 11.9. The van der Waals surface area contributed by atoms with Crippen LogP contribution in [0, 0.1) is 6.92 Å². The second-order valence-corrected chi connectivity index (χ2v) is 6.84. The SMILES string of the molecule is Cc1nc(COc2ccc(C(=O)NC(C)c3ccc4ccccc4c3)cc2)no1. The molecule has 1 amide bonds. The Bertz CT molecular complexity index is 1140. The van der Waals surface area contributed by atoms with Gasteiger partial charge in [0.2, 0.25) is 11.7 Å². The minimum absolute atomic E-state index is 0.107. The fourth-order valence-electron chi connectivity index (χ4n) is 3.09. The van der Waals surface area contributed by atoms with Crippen molar-refractivity contribution in [1.29, 1.82) is 0 Å². The highest BCUT2D eigenvalue weighted by molar-refractivity contribution is 5.94. The lowest BCUT2D eigenvalue weighted by Gasteiger charge is -2.15. The van der Waals surface area contributed by atoms with Gasteiger partial charge in [-0.05, 0) is 53.6 Å². The molecule has 6 heteroatoms. The minimum atomic E-state index is -0.133. The van der Waals surface area contributed by atoms with Gasteiger partial charge in [-0.3, -0.25) is 4.79 Å². The van der Waals surface area contributed by atoms with Crippen LogP contribution < -0.4 is 10.1 Å². The predicted molar refractivity (Wildman–Crippen MR) is 110 cm³/mol. The van der Waals surface area contributed by atoms with Crippen LogP contribution in [0.3, 0.4) is 0 Å². The third-order valence-corrected chi connectivity index (χ3v) is 4.68. The zero-order chi connectivity index (χ0) is 20.2. The fourth-order valence-corrected chi connectivity index (χ4v) is 3.09. The van der Waals surface area contributed by atoms with Crippen molar-refractivity contribution < 1.29 is 14.1 Å². The number of nitrogens with one attached hydrogen (secondary N) is 1. The van der Waals surface area contributed by atoms with Crippen LogP contribution in [0.4, 0.5) is 0 Å². The summed E-state index contributed by atoms with van der Waals surface area (Å²) in [5, 5.41) is 9.17. The molecule has 0 aliphatic heterocycles. The van der Waals surface area contributed by atoms with E-state index < -0.39 is 0 Å². The third-order valence-electron chi connectivity index (χ3n) is 4.68. The molecule has 0 aliphatic rings. The predicted octanol–water partition coefficient (Wildman–Crippen LogP) is 4.60. The van der Waals surface area contributed by atoms with E-state index in [-0.39, 0.29) is 18.6 Å². The zero-order valence-electron chi connectivity index (χ0n) is 16.3. The monoisotopic (exact) mass is 387 g/mol. The molecule has 0 saturated carbocycles. The largest absolute Gasteiger partial charge is 0.485 e. The average molecular weight is 387 g/mol. The molecule has 0 fully saturated rings. The summed E-state index contributed by atoms with van der Waals surface area (Å²) in [6.45, 7) is 3.91. The van der Waals surface area contributed by atoms with Gasteiger partial charge in [0.15, 0.2) is 6.61 Å². The van der Waals surface area contributed by atoms with Crippen molar-refractivity contribution in [3.05, 3.63) is 89.6 Å². The van der Waals surface area contributed by atoms with E-state index in [1.807, 2.05) is 25.1 Å². The first-order valence-corrected chi connectivity index (χ1v) is 9.40. The number of amides is 1. The molecule has 1 unspecified atom stereocenters. The first kappa shape index (κ1) is 18.7. The van der Waals surface area contributed by atoms with E-state index >= 15 is 0 Å². The second kappa shape index (κ2) is 8.14. The number of nitrogens with zero attached hydrogens (tertiary/aromatic N) is 2. The Morgan fingerprint density at radius 2 is 1.83 bits per heavy atom. The molecule has 4 rings (SSSR count). The molecule has 29 heavy (non-hydrogen) atoms. The Morgan fingerprint density at radius 1 is 1.07 bits per heavy atom. The number of aryl methyl sites for hydroxylation is 1. The van der Waals surface area contributed by atoms with Crippen molar-refractivity contribution in [3.63, 3.8) is 0 Å². The summed E-state index contributed by atoms with van der Waals surface area (Å²) in [6, 6.07) is 21.3. The Balaban J connectivity index is 1.38. The molecule has 1 N–H and O–H groups in total. The fraction of sp³-hybridized carbons (Fsp3) is 0.174. The van der Waals surface area contributed by atoms with Gasteiger partial charge in [-0.2, -0.15) is 4.98 Å². The topological polar surface area (TPSA) is 77.2 Å². The van der Waals surface area contributed by atoms with E-state index in [4.69, 9.17) is 9.26 Å². The number of carbonyl (C=O) groups is 1. The van der Waals surface area contributed by atoms with Crippen LogP contribution in [-0.4, -0.2) is 16.0 Å². The molecular weight excluding hydrogens is 366 g/mol. The lowest BCUT2D eigenvalue weighted by Crippen LogP contribution is -2.26. The average Bonchev–Trinajstić information content (AvgIpc) is 3.17. The van der Waals surface area contributed by atoms with Crippen LogP contribution in [0.1, 0.15) is 40.6 Å². The van der Waals surface area contributed by atoms with Gasteiger partial charge < -0.3 is 14.6 Å². The maximum Gasteiger partial charge on any atom is 0.251 e. The van der Waals surface area contributed by atoms with Crippen LogP contribution in [-0.2, 0) is 6.61 Å². The smallest absolute Gasteiger partial charge is 0.251 e. The lowest BCUT2D eigenvalue weighted by atomic mass is 10.0. The lowest BCUT2D eigenvalue weighted by molar-refractivity contribution is 0.0940. The van der Waals surface area contributed by atoms with E-state index in [2.05, 4.69) is 39.7 Å². The highest BCUT2D eigenvalue weighted by Gasteiger charge is 2.12. The summed E-state index contributed by atoms with van der Waals surface area (Å²) in [5.74, 6) is 1.47. The number of ether oxygens (including phenoxy) is 1. The van der Waals surface area contributed by atoms with Gasteiger partial charge in [0, 0.05) is 12.5 Å². The summed E-state index contributed by atoms with van der Waals surface area (Å²) in [4.78, 5) is 16.7. The molecule has 0 radical (unpaired) electrons. The van der Waals surface area contributed by atoms with Gasteiger partial charge in [0.25, 0.3) is 5.91 Å². The molecule has 0 aliphatic carbocycles. The van der Waals surface area contributed by atoms with Gasteiger partial charge in [0.05, 0.1) is 6.04 Å². The second-order valence-electron chi connectivity index (χ2n) is 6.84. The van der Waals surface area contributed by atoms with Crippen LogP contribution in [0.15, 0.2) is 71.3 Å². The summed E-state index contributed by atoms with van der Waals surface area (Å²) >= 11 is 0. The molecule has 1 heterocycles. The summed E-state index contributed by atoms with van der Waals surface area (Å²) in [5.41, 5.74) is 1.63. The van der Waals surface area contributed by atoms with Gasteiger partial charge >= 0.3 is 0 Å². The van der Waals surface area contributed by atoms with Gasteiger partial charge in [-0.1, -0.05) is 41.6 Å². The van der Waals surface area contributed by atoms with E-state index in [0.29, 0.717) is 23.0 Å². The highest BCUT2D eigenvalue weighted by Crippen LogP contribution is 2.21. The summed E-state index contributed by atoms with van der Waals surface area (Å²) in [7, 11) is 0. The van der Waals surface area contributed by atoms with Crippen molar-refractivity contribution in [3.8, 4) is 5.75 Å². The van der Waals surface area contributed by atoms with E-state index in [1.165, 1.54) is 5.39 Å². The Kier molecular flexibility index (Phi) is 5.24. The third kappa shape index (κ3) is 4.43. The van der Waals surface area contributed by atoms with Crippen molar-refractivity contribution in [2.45, 2.75) is 26.5 Å². The Morgan fingerprint density at radius 3 is 2.55 bits per heavy atom. The number of rotatable bonds is 6. The number of hydrogen-bond donors (Lipinski definition) is 1. The standard InChI is InChI=1S/C23H21N3O3/c1-15(19-8-7-17-5-3-4-6-20(17)13-19)24-23(27)18-9-11-21(12-10-18)28-14-22-25-16(2)29-26-22/h3-13,15H,14H2,1-2H3,(H,24,27). The molecule has 6 nitrogen and oxygen atoms in total. The van der Waals surface area contributed by atoms with Gasteiger partial charge in [0.1, 0.15) is 5.75 Å². The van der Waals surface area contributed by atoms with Crippen LogP contribution in [0.2, 0.25) is 0 Å². The number of benzene rings is 3. The van der Waals surface area contributed by atoms with Crippen molar-refractivity contribution in [1.82, 2.24) is 15.5 Å². The number of hydrogen-bond acceptors (Lipinski definition) is 5. The van der Waals surface area contributed by atoms with Crippen LogP contribution in [0.25, 0.3) is 10.8 Å². The molecule has 4 aromatic rings. The van der Waals surface area contributed by atoms with Gasteiger partial charge in [-0.25, -0.2) is 0 Å². The van der Waals surface area contributed by atoms with Crippen LogP contribution in [0.5, 0.6) is 5.75 Å². The number of fused-ring (bicyclic) bond motifs is 1. The van der Waals surface area contributed by atoms with E-state index in [1.54, 1.807) is 31.2 Å². The van der Waals surface area contributed by atoms with E-state index in [9.17, 15) is 4.79 Å². The summed E-state index contributed by atoms with van der Waals surface area (Å²) < 4.78 is 10.5. The Hall–Kier alpha value is -3.67. The quantitative estimate of drug-likeness (QED) is 0.523. The molecular formula is C23H21N3O3. The molecule has 1 aromatic heterocycles. The minimum Gasteiger partial charge on any atom is -0.485 e. The maximum atomic E-state index is 12.6. The van der Waals surface area contributed by atoms with E-state index in [0.717, 1.165) is 10.9 Å². The number of aromatic nitrogens is 2. The molecule has 3 aromatic carbocycles.